The normalized spacial score (nSPS) is 9.75. The third-order valence-electron chi connectivity index (χ3n) is 2.26. The van der Waals surface area contributed by atoms with Crippen molar-refractivity contribution in [3.8, 4) is 11.8 Å². The van der Waals surface area contributed by atoms with E-state index in [2.05, 4.69) is 15.9 Å². The monoisotopic (exact) mass is 285 g/mol. The Balaban J connectivity index is 3.78. The first-order chi connectivity index (χ1) is 7.45. The largest absolute Gasteiger partial charge is 0.494 e. The minimum absolute atomic E-state index is 0.00218. The molecule has 0 aliphatic rings. The van der Waals surface area contributed by atoms with Crippen LogP contribution in [0.3, 0.4) is 0 Å². The Hall–Kier alpha value is -1.41. The topological polar surface area (TPSA) is 50.1 Å². The Labute approximate surface area is 101 Å². The van der Waals surface area contributed by atoms with Crippen LogP contribution in [0.4, 0.5) is 4.39 Å². The van der Waals surface area contributed by atoms with Gasteiger partial charge in [0, 0.05) is 0 Å². The minimum atomic E-state index is -0.694. The molecular formula is C11H9BrFNO2. The molecule has 0 fully saturated rings. The number of methoxy groups -OCH3 is 1. The molecule has 0 saturated carbocycles. The van der Waals surface area contributed by atoms with Crippen molar-refractivity contribution in [3.63, 3.8) is 0 Å². The van der Waals surface area contributed by atoms with Crippen LogP contribution < -0.4 is 4.74 Å². The van der Waals surface area contributed by atoms with Crippen molar-refractivity contribution in [2.75, 3.05) is 7.11 Å². The summed E-state index contributed by atoms with van der Waals surface area (Å²) in [6.07, 6.45) is 0. The van der Waals surface area contributed by atoms with Crippen molar-refractivity contribution in [1.29, 1.82) is 5.26 Å². The Morgan fingerprint density at radius 2 is 2.12 bits per heavy atom. The predicted molar refractivity (Wildman–Crippen MR) is 60.1 cm³/mol. The first-order valence-corrected chi connectivity index (χ1v) is 5.21. The van der Waals surface area contributed by atoms with Gasteiger partial charge in [-0.25, -0.2) is 4.39 Å². The standard InChI is InChI=1S/C11H9BrFNO2/c1-5-7(4-14)11(16-3)9(12)10(13)8(5)6(2)15/h1-3H3. The maximum Gasteiger partial charge on any atom is 0.163 e. The van der Waals surface area contributed by atoms with Crippen LogP contribution in [0.2, 0.25) is 0 Å². The molecule has 0 radical (unpaired) electrons. The molecule has 0 aliphatic heterocycles. The highest BCUT2D eigenvalue weighted by Gasteiger charge is 2.23. The maximum atomic E-state index is 13.8. The number of halogens is 2. The summed E-state index contributed by atoms with van der Waals surface area (Å²) in [5, 5.41) is 8.97. The Morgan fingerprint density at radius 1 is 1.56 bits per heavy atom. The second-order valence-electron chi connectivity index (χ2n) is 3.20. The zero-order valence-corrected chi connectivity index (χ0v) is 10.6. The Morgan fingerprint density at radius 3 is 2.50 bits per heavy atom. The molecule has 5 heteroatoms. The lowest BCUT2D eigenvalue weighted by atomic mass is 9.99. The van der Waals surface area contributed by atoms with Gasteiger partial charge in [0.05, 0.1) is 22.7 Å². The van der Waals surface area contributed by atoms with E-state index >= 15 is 0 Å². The van der Waals surface area contributed by atoms with Gasteiger partial charge in [-0.15, -0.1) is 0 Å². The number of nitriles is 1. The van der Waals surface area contributed by atoms with Crippen molar-refractivity contribution in [2.45, 2.75) is 13.8 Å². The molecule has 0 aliphatic carbocycles. The highest BCUT2D eigenvalue weighted by molar-refractivity contribution is 9.10. The van der Waals surface area contributed by atoms with Crippen LogP contribution in [0.5, 0.6) is 5.75 Å². The molecule has 3 nitrogen and oxygen atoms in total. The van der Waals surface area contributed by atoms with E-state index in [0.29, 0.717) is 5.56 Å². The average molecular weight is 286 g/mol. The smallest absolute Gasteiger partial charge is 0.163 e. The molecule has 0 aromatic heterocycles. The molecule has 0 saturated heterocycles. The molecule has 0 amide bonds. The van der Waals surface area contributed by atoms with E-state index in [4.69, 9.17) is 10.00 Å². The zero-order chi connectivity index (χ0) is 12.5. The molecule has 16 heavy (non-hydrogen) atoms. The van der Waals surface area contributed by atoms with Crippen molar-refractivity contribution >= 4 is 21.7 Å². The highest BCUT2D eigenvalue weighted by atomic mass is 79.9. The van der Waals surface area contributed by atoms with E-state index in [1.807, 2.05) is 6.07 Å². The van der Waals surface area contributed by atoms with E-state index in [-0.39, 0.29) is 21.3 Å². The van der Waals surface area contributed by atoms with Gasteiger partial charge in [-0.2, -0.15) is 5.26 Å². The van der Waals surface area contributed by atoms with E-state index in [0.717, 1.165) is 0 Å². The number of ether oxygens (including phenoxy) is 1. The minimum Gasteiger partial charge on any atom is -0.494 e. The van der Waals surface area contributed by atoms with Crippen LogP contribution in [-0.2, 0) is 0 Å². The summed E-state index contributed by atoms with van der Waals surface area (Å²) in [5.74, 6) is -1.00. The van der Waals surface area contributed by atoms with E-state index < -0.39 is 11.6 Å². The molecule has 84 valence electrons. The van der Waals surface area contributed by atoms with Gasteiger partial charge in [0.2, 0.25) is 0 Å². The van der Waals surface area contributed by atoms with Crippen molar-refractivity contribution < 1.29 is 13.9 Å². The summed E-state index contributed by atoms with van der Waals surface area (Å²) in [7, 11) is 1.34. The lowest BCUT2D eigenvalue weighted by molar-refractivity contribution is 0.101. The number of nitrogens with zero attached hydrogens (tertiary/aromatic N) is 1. The van der Waals surface area contributed by atoms with E-state index in [1.54, 1.807) is 0 Å². The van der Waals surface area contributed by atoms with Gasteiger partial charge in [-0.3, -0.25) is 4.79 Å². The zero-order valence-electron chi connectivity index (χ0n) is 9.02. The number of rotatable bonds is 2. The highest BCUT2D eigenvalue weighted by Crippen LogP contribution is 2.36. The SMILES string of the molecule is COc1c(Br)c(F)c(C(C)=O)c(C)c1C#N. The number of hydrogen-bond acceptors (Lipinski definition) is 3. The summed E-state index contributed by atoms with van der Waals surface area (Å²) in [5.41, 5.74) is 0.387. The van der Waals surface area contributed by atoms with Crippen LogP contribution in [0.1, 0.15) is 28.4 Å². The number of benzene rings is 1. The van der Waals surface area contributed by atoms with Gasteiger partial charge in [0.1, 0.15) is 6.07 Å². The van der Waals surface area contributed by atoms with Gasteiger partial charge in [-0.1, -0.05) is 0 Å². The van der Waals surface area contributed by atoms with Crippen LogP contribution >= 0.6 is 15.9 Å². The number of ketones is 1. The molecule has 1 rings (SSSR count). The number of carbonyl (C=O) groups excluding carboxylic acids is 1. The average Bonchev–Trinajstić information content (AvgIpc) is 2.22. The third-order valence-corrected chi connectivity index (χ3v) is 2.96. The summed E-state index contributed by atoms with van der Waals surface area (Å²) in [4.78, 5) is 11.3. The van der Waals surface area contributed by atoms with Gasteiger partial charge in [0.15, 0.2) is 17.3 Å². The Kier molecular flexibility index (Phi) is 3.66. The summed E-state index contributed by atoms with van der Waals surface area (Å²) < 4.78 is 18.8. The summed E-state index contributed by atoms with van der Waals surface area (Å²) in [6, 6.07) is 1.90. The first kappa shape index (κ1) is 12.7. The van der Waals surface area contributed by atoms with E-state index in [1.165, 1.54) is 21.0 Å². The molecule has 0 spiro atoms. The lowest BCUT2D eigenvalue weighted by Gasteiger charge is -2.12. The molecule has 0 bridgehead atoms. The Bertz CT molecular complexity index is 506. The maximum absolute atomic E-state index is 13.8. The fourth-order valence-corrected chi connectivity index (χ4v) is 2.08. The quantitative estimate of drug-likeness (QED) is 0.785. The van der Waals surface area contributed by atoms with Crippen LogP contribution in [0.25, 0.3) is 0 Å². The van der Waals surface area contributed by atoms with Crippen molar-refractivity contribution in [1.82, 2.24) is 0 Å². The van der Waals surface area contributed by atoms with Gasteiger partial charge >= 0.3 is 0 Å². The molecular weight excluding hydrogens is 277 g/mol. The summed E-state index contributed by atoms with van der Waals surface area (Å²) >= 11 is 2.98. The molecule has 0 N–H and O–H groups in total. The number of hydrogen-bond donors (Lipinski definition) is 0. The van der Waals surface area contributed by atoms with Crippen molar-refractivity contribution in [2.24, 2.45) is 0 Å². The summed E-state index contributed by atoms with van der Waals surface area (Å²) in [6.45, 7) is 2.78. The van der Waals surface area contributed by atoms with Gasteiger partial charge in [0.25, 0.3) is 0 Å². The van der Waals surface area contributed by atoms with Crippen molar-refractivity contribution in [3.05, 3.63) is 27.0 Å². The second kappa shape index (κ2) is 4.62. The number of carbonyl (C=O) groups is 1. The molecule has 1 aromatic rings. The lowest BCUT2D eigenvalue weighted by Crippen LogP contribution is -2.06. The third kappa shape index (κ3) is 1.81. The van der Waals surface area contributed by atoms with Crippen LogP contribution in [0.15, 0.2) is 4.47 Å². The molecule has 0 atom stereocenters. The first-order valence-electron chi connectivity index (χ1n) is 4.42. The van der Waals surface area contributed by atoms with E-state index in [9.17, 15) is 9.18 Å². The number of Topliss-reactive ketones (excluding diaryl/α,β-unsaturated/α-hetero) is 1. The predicted octanol–water partition coefficient (Wildman–Crippen LogP) is 2.98. The second-order valence-corrected chi connectivity index (χ2v) is 4.00. The van der Waals surface area contributed by atoms with Gasteiger partial charge in [-0.05, 0) is 35.3 Å². The molecule has 1 aromatic carbocycles. The van der Waals surface area contributed by atoms with Crippen LogP contribution in [0, 0.1) is 24.1 Å². The van der Waals surface area contributed by atoms with Gasteiger partial charge < -0.3 is 4.74 Å². The molecule has 0 heterocycles. The fourth-order valence-electron chi connectivity index (χ4n) is 1.52. The fraction of sp³-hybridized carbons (Fsp3) is 0.273. The van der Waals surface area contributed by atoms with Crippen LogP contribution in [-0.4, -0.2) is 12.9 Å². The molecule has 0 unspecified atom stereocenters.